The minimum absolute atomic E-state index is 0.0649. The first kappa shape index (κ1) is 14.5. The Bertz CT molecular complexity index is 592. The normalized spacial score (nSPS) is 12.3. The Morgan fingerprint density at radius 1 is 1.55 bits per heavy atom. The van der Waals surface area contributed by atoms with Gasteiger partial charge in [0.2, 0.25) is 5.82 Å². The molecule has 0 aliphatic rings. The van der Waals surface area contributed by atoms with Gasteiger partial charge < -0.3 is 5.32 Å². The van der Waals surface area contributed by atoms with Crippen LogP contribution in [0, 0.1) is 17.0 Å². The largest absolute Gasteiger partial charge is 0.357 e. The molecule has 0 aliphatic carbocycles. The quantitative estimate of drug-likeness (QED) is 0.650. The van der Waals surface area contributed by atoms with Crippen molar-refractivity contribution >= 4 is 22.8 Å². The standard InChI is InChI=1S/C13H18N4O2S/c1-4-10(11-7-6-8-20-11)14-13-12(17(18)19)9(3)15-16(13)5-2/h6-8,10,14H,4-5H2,1-3H3. The molecule has 0 saturated heterocycles. The summed E-state index contributed by atoms with van der Waals surface area (Å²) in [5.41, 5.74) is 0.516. The summed E-state index contributed by atoms with van der Waals surface area (Å²) in [5, 5.41) is 20.8. The highest BCUT2D eigenvalue weighted by molar-refractivity contribution is 7.10. The number of hydrogen-bond donors (Lipinski definition) is 1. The third-order valence-corrected chi connectivity index (χ3v) is 4.17. The van der Waals surface area contributed by atoms with Gasteiger partial charge in [0.05, 0.1) is 11.0 Å². The van der Waals surface area contributed by atoms with Gasteiger partial charge in [0.15, 0.2) is 0 Å². The summed E-state index contributed by atoms with van der Waals surface area (Å²) in [5.74, 6) is 0.496. The number of nitrogens with zero attached hydrogens (tertiary/aromatic N) is 3. The molecule has 0 spiro atoms. The SMILES string of the molecule is CCC(Nc1c([N+](=O)[O-])c(C)nn1CC)c1cccs1. The maximum absolute atomic E-state index is 11.2. The smallest absolute Gasteiger partial charge is 0.333 e. The van der Waals surface area contributed by atoms with E-state index in [1.807, 2.05) is 24.4 Å². The van der Waals surface area contributed by atoms with Crippen LogP contribution in [0.3, 0.4) is 0 Å². The zero-order chi connectivity index (χ0) is 14.7. The van der Waals surface area contributed by atoms with Crippen LogP contribution in [0.25, 0.3) is 0 Å². The number of rotatable bonds is 6. The van der Waals surface area contributed by atoms with Crippen molar-refractivity contribution in [1.82, 2.24) is 9.78 Å². The van der Waals surface area contributed by atoms with E-state index in [1.165, 1.54) is 4.88 Å². The zero-order valence-electron chi connectivity index (χ0n) is 11.8. The van der Waals surface area contributed by atoms with Crippen molar-refractivity contribution in [2.24, 2.45) is 0 Å². The van der Waals surface area contributed by atoms with Crippen molar-refractivity contribution < 1.29 is 4.92 Å². The number of aryl methyl sites for hydroxylation is 2. The van der Waals surface area contributed by atoms with E-state index >= 15 is 0 Å². The molecule has 2 aromatic rings. The van der Waals surface area contributed by atoms with E-state index in [-0.39, 0.29) is 16.7 Å². The lowest BCUT2D eigenvalue weighted by atomic mass is 10.2. The number of thiophene rings is 1. The molecule has 20 heavy (non-hydrogen) atoms. The van der Waals surface area contributed by atoms with Crippen LogP contribution in [0.5, 0.6) is 0 Å². The molecular weight excluding hydrogens is 276 g/mol. The molecule has 1 atom stereocenters. The average molecular weight is 294 g/mol. The first-order valence-electron chi connectivity index (χ1n) is 6.60. The third kappa shape index (κ3) is 2.67. The van der Waals surface area contributed by atoms with Crippen LogP contribution < -0.4 is 5.32 Å². The van der Waals surface area contributed by atoms with E-state index in [9.17, 15) is 10.1 Å². The van der Waals surface area contributed by atoms with Gasteiger partial charge in [-0.2, -0.15) is 5.10 Å². The molecule has 0 bridgehead atoms. The van der Waals surface area contributed by atoms with E-state index in [4.69, 9.17) is 0 Å². The van der Waals surface area contributed by atoms with E-state index in [0.29, 0.717) is 18.1 Å². The highest BCUT2D eigenvalue weighted by Gasteiger charge is 2.26. The Balaban J connectivity index is 2.38. The van der Waals surface area contributed by atoms with Crippen LogP contribution in [-0.4, -0.2) is 14.7 Å². The lowest BCUT2D eigenvalue weighted by Gasteiger charge is -2.16. The second-order valence-corrected chi connectivity index (χ2v) is 5.46. The van der Waals surface area contributed by atoms with Crippen LogP contribution in [0.4, 0.5) is 11.5 Å². The Morgan fingerprint density at radius 3 is 2.80 bits per heavy atom. The fraction of sp³-hybridized carbons (Fsp3) is 0.462. The summed E-state index contributed by atoms with van der Waals surface area (Å²) in [6, 6.07) is 4.09. The topological polar surface area (TPSA) is 73.0 Å². The summed E-state index contributed by atoms with van der Waals surface area (Å²) < 4.78 is 1.66. The van der Waals surface area contributed by atoms with Gasteiger partial charge in [-0.05, 0) is 31.7 Å². The predicted octanol–water partition coefficient (Wildman–Crippen LogP) is 3.74. The molecule has 2 aromatic heterocycles. The van der Waals surface area contributed by atoms with Gasteiger partial charge >= 0.3 is 5.69 Å². The van der Waals surface area contributed by atoms with Crippen LogP contribution in [0.2, 0.25) is 0 Å². The van der Waals surface area contributed by atoms with E-state index < -0.39 is 0 Å². The summed E-state index contributed by atoms with van der Waals surface area (Å²) in [7, 11) is 0. The monoisotopic (exact) mass is 294 g/mol. The first-order chi connectivity index (χ1) is 9.58. The molecule has 108 valence electrons. The van der Waals surface area contributed by atoms with Gasteiger partial charge in [-0.1, -0.05) is 13.0 Å². The Morgan fingerprint density at radius 2 is 2.30 bits per heavy atom. The van der Waals surface area contributed by atoms with Crippen molar-refractivity contribution in [2.75, 3.05) is 5.32 Å². The van der Waals surface area contributed by atoms with Gasteiger partial charge in [0, 0.05) is 11.4 Å². The van der Waals surface area contributed by atoms with Crippen molar-refractivity contribution in [1.29, 1.82) is 0 Å². The van der Waals surface area contributed by atoms with Gasteiger partial charge in [0.1, 0.15) is 5.69 Å². The number of nitrogens with one attached hydrogen (secondary N) is 1. The second kappa shape index (κ2) is 6.04. The summed E-state index contributed by atoms with van der Waals surface area (Å²) in [4.78, 5) is 12.0. The third-order valence-electron chi connectivity index (χ3n) is 3.18. The molecule has 0 radical (unpaired) electrons. The molecule has 0 amide bonds. The fourth-order valence-corrected chi connectivity index (χ4v) is 3.05. The van der Waals surface area contributed by atoms with Crippen LogP contribution in [-0.2, 0) is 6.54 Å². The maximum Gasteiger partial charge on any atom is 0.333 e. The minimum atomic E-state index is -0.363. The van der Waals surface area contributed by atoms with Crippen molar-refractivity contribution in [3.8, 4) is 0 Å². The molecule has 0 aromatic carbocycles. The number of aromatic nitrogens is 2. The molecule has 0 aliphatic heterocycles. The average Bonchev–Trinajstić information content (AvgIpc) is 3.03. The molecule has 7 heteroatoms. The number of anilines is 1. The van der Waals surface area contributed by atoms with Crippen molar-refractivity contribution in [3.63, 3.8) is 0 Å². The van der Waals surface area contributed by atoms with Gasteiger partial charge in [-0.15, -0.1) is 11.3 Å². The van der Waals surface area contributed by atoms with Crippen molar-refractivity contribution in [2.45, 2.75) is 39.8 Å². The van der Waals surface area contributed by atoms with Crippen LogP contribution in [0.15, 0.2) is 17.5 Å². The van der Waals surface area contributed by atoms with Gasteiger partial charge in [-0.3, -0.25) is 10.1 Å². The Labute approximate surface area is 121 Å². The molecule has 1 N–H and O–H groups in total. The molecule has 6 nitrogen and oxygen atoms in total. The van der Waals surface area contributed by atoms with Crippen molar-refractivity contribution in [3.05, 3.63) is 38.2 Å². The first-order valence-corrected chi connectivity index (χ1v) is 7.48. The highest BCUT2D eigenvalue weighted by atomic mass is 32.1. The predicted molar refractivity (Wildman–Crippen MR) is 80.3 cm³/mol. The van der Waals surface area contributed by atoms with Crippen LogP contribution in [0.1, 0.15) is 36.9 Å². The second-order valence-electron chi connectivity index (χ2n) is 4.48. The summed E-state index contributed by atoms with van der Waals surface area (Å²) >= 11 is 1.65. The number of nitro groups is 1. The Kier molecular flexibility index (Phi) is 4.39. The van der Waals surface area contributed by atoms with E-state index in [2.05, 4.69) is 17.3 Å². The Hall–Kier alpha value is -1.89. The van der Waals surface area contributed by atoms with Gasteiger partial charge in [0.25, 0.3) is 0 Å². The zero-order valence-corrected chi connectivity index (χ0v) is 12.6. The molecule has 1 unspecified atom stereocenters. The molecule has 0 saturated carbocycles. The number of hydrogen-bond acceptors (Lipinski definition) is 5. The van der Waals surface area contributed by atoms with Crippen LogP contribution >= 0.6 is 11.3 Å². The molecular formula is C13H18N4O2S. The van der Waals surface area contributed by atoms with Gasteiger partial charge in [-0.25, -0.2) is 4.68 Å². The van der Waals surface area contributed by atoms with E-state index in [1.54, 1.807) is 22.9 Å². The fourth-order valence-electron chi connectivity index (χ4n) is 2.19. The molecule has 2 rings (SSSR count). The highest BCUT2D eigenvalue weighted by Crippen LogP contribution is 2.33. The molecule has 2 heterocycles. The summed E-state index contributed by atoms with van der Waals surface area (Å²) in [6.07, 6.45) is 0.853. The summed E-state index contributed by atoms with van der Waals surface area (Å²) in [6.45, 7) is 6.25. The lowest BCUT2D eigenvalue weighted by Crippen LogP contribution is -2.13. The van der Waals surface area contributed by atoms with E-state index in [0.717, 1.165) is 6.42 Å². The molecule has 0 fully saturated rings. The maximum atomic E-state index is 11.2. The minimum Gasteiger partial charge on any atom is -0.357 e. The lowest BCUT2D eigenvalue weighted by molar-refractivity contribution is -0.384.